The van der Waals surface area contributed by atoms with Crippen molar-refractivity contribution in [2.75, 3.05) is 11.4 Å². The first-order valence-corrected chi connectivity index (χ1v) is 7.38. The third-order valence-corrected chi connectivity index (χ3v) is 4.76. The molecule has 0 aliphatic rings. The van der Waals surface area contributed by atoms with Crippen LogP contribution in [0.15, 0.2) is 59.5 Å². The van der Waals surface area contributed by atoms with Crippen LogP contribution in [-0.2, 0) is 16.2 Å². The lowest BCUT2D eigenvalue weighted by Crippen LogP contribution is -2.26. The molecule has 0 bridgehead atoms. The van der Waals surface area contributed by atoms with Crippen LogP contribution in [0.5, 0.6) is 0 Å². The van der Waals surface area contributed by atoms with E-state index in [2.05, 4.69) is 0 Å². The molecular weight excluding hydrogens is 303 g/mol. The molecule has 112 valence electrons. The van der Waals surface area contributed by atoms with Crippen molar-refractivity contribution in [3.05, 3.63) is 60.2 Å². The van der Waals surface area contributed by atoms with Crippen molar-refractivity contribution in [2.24, 2.45) is 0 Å². The van der Waals surface area contributed by atoms with E-state index in [1.807, 2.05) is 0 Å². The van der Waals surface area contributed by atoms with Crippen LogP contribution in [0.1, 0.15) is 5.56 Å². The maximum atomic E-state index is 12.5. The van der Waals surface area contributed by atoms with Crippen LogP contribution in [0.25, 0.3) is 0 Å². The van der Waals surface area contributed by atoms with E-state index in [4.69, 9.17) is 0 Å². The fraction of sp³-hybridized carbons (Fsp3) is 0.143. The zero-order chi connectivity index (χ0) is 15.7. The van der Waals surface area contributed by atoms with Gasteiger partial charge in [0.25, 0.3) is 10.0 Å². The largest absolute Gasteiger partial charge is 0.416 e. The molecule has 7 heteroatoms. The molecule has 0 spiro atoms. The van der Waals surface area contributed by atoms with Gasteiger partial charge in [-0.25, -0.2) is 8.42 Å². The summed E-state index contributed by atoms with van der Waals surface area (Å²) in [6, 6.07) is 11.7. The molecule has 0 aromatic heterocycles. The van der Waals surface area contributed by atoms with Crippen LogP contribution in [0.2, 0.25) is 0 Å². The fourth-order valence-electron chi connectivity index (χ4n) is 1.75. The molecule has 2 aromatic rings. The van der Waals surface area contributed by atoms with Crippen LogP contribution >= 0.6 is 0 Å². The number of benzene rings is 2. The van der Waals surface area contributed by atoms with Gasteiger partial charge in [-0.15, -0.1) is 0 Å². The van der Waals surface area contributed by atoms with Gasteiger partial charge in [0, 0.05) is 7.05 Å². The van der Waals surface area contributed by atoms with Crippen LogP contribution in [0.3, 0.4) is 0 Å². The van der Waals surface area contributed by atoms with Gasteiger partial charge in [0.05, 0.1) is 16.1 Å². The van der Waals surface area contributed by atoms with Gasteiger partial charge < -0.3 is 0 Å². The third-order valence-electron chi connectivity index (χ3n) is 2.96. The Morgan fingerprint density at radius 2 is 1.43 bits per heavy atom. The minimum Gasteiger partial charge on any atom is -0.269 e. The van der Waals surface area contributed by atoms with Crippen LogP contribution in [0, 0.1) is 0 Å². The summed E-state index contributed by atoms with van der Waals surface area (Å²) < 4.78 is 63.1. The highest BCUT2D eigenvalue weighted by Crippen LogP contribution is 2.30. The third kappa shape index (κ3) is 3.18. The van der Waals surface area contributed by atoms with Crippen molar-refractivity contribution in [1.82, 2.24) is 0 Å². The molecule has 0 amide bonds. The van der Waals surface area contributed by atoms with E-state index >= 15 is 0 Å². The highest BCUT2D eigenvalue weighted by atomic mass is 32.2. The second kappa shape index (κ2) is 5.40. The minimum atomic E-state index is -4.49. The maximum absolute atomic E-state index is 12.5. The predicted molar refractivity (Wildman–Crippen MR) is 73.5 cm³/mol. The number of hydrogen-bond acceptors (Lipinski definition) is 2. The van der Waals surface area contributed by atoms with Gasteiger partial charge in [-0.05, 0) is 36.4 Å². The van der Waals surface area contributed by atoms with E-state index in [1.54, 1.807) is 30.3 Å². The lowest BCUT2D eigenvalue weighted by atomic mass is 10.2. The number of anilines is 1. The summed E-state index contributed by atoms with van der Waals surface area (Å²) in [7, 11) is -2.54. The van der Waals surface area contributed by atoms with Gasteiger partial charge in [-0.2, -0.15) is 13.2 Å². The highest BCUT2D eigenvalue weighted by Gasteiger charge is 2.31. The zero-order valence-electron chi connectivity index (χ0n) is 11.0. The van der Waals surface area contributed by atoms with Gasteiger partial charge in [0.2, 0.25) is 0 Å². The normalized spacial score (nSPS) is 12.2. The fourth-order valence-corrected chi connectivity index (χ4v) is 2.95. The topological polar surface area (TPSA) is 37.4 Å². The minimum absolute atomic E-state index is 0.193. The monoisotopic (exact) mass is 315 g/mol. The van der Waals surface area contributed by atoms with E-state index in [1.165, 1.54) is 7.05 Å². The second-order valence-corrected chi connectivity index (χ2v) is 6.30. The van der Waals surface area contributed by atoms with E-state index in [0.29, 0.717) is 5.69 Å². The first-order chi connectivity index (χ1) is 9.73. The maximum Gasteiger partial charge on any atom is 0.416 e. The molecule has 0 aliphatic carbocycles. The molecule has 0 saturated heterocycles. The van der Waals surface area contributed by atoms with Gasteiger partial charge in [-0.1, -0.05) is 18.2 Å². The molecule has 21 heavy (non-hydrogen) atoms. The number of hydrogen-bond donors (Lipinski definition) is 0. The summed E-state index contributed by atoms with van der Waals surface area (Å²) in [6.45, 7) is 0. The van der Waals surface area contributed by atoms with Gasteiger partial charge in [0.1, 0.15) is 0 Å². The van der Waals surface area contributed by atoms with Gasteiger partial charge in [-0.3, -0.25) is 4.31 Å². The Labute approximate surface area is 120 Å². The molecule has 0 unspecified atom stereocenters. The molecule has 0 heterocycles. The predicted octanol–water partition coefficient (Wildman–Crippen LogP) is 3.53. The van der Waals surface area contributed by atoms with E-state index in [0.717, 1.165) is 28.6 Å². The summed E-state index contributed by atoms with van der Waals surface area (Å²) in [6.07, 6.45) is -4.49. The summed E-state index contributed by atoms with van der Waals surface area (Å²) in [5.74, 6) is 0. The average Bonchev–Trinajstić information content (AvgIpc) is 2.46. The molecular formula is C14H12F3NO2S. The second-order valence-electron chi connectivity index (χ2n) is 4.33. The van der Waals surface area contributed by atoms with Crippen molar-refractivity contribution in [2.45, 2.75) is 11.1 Å². The molecule has 2 rings (SSSR count). The SMILES string of the molecule is CN(c1ccccc1)S(=O)(=O)c1ccc(C(F)(F)F)cc1. The molecule has 3 nitrogen and oxygen atoms in total. The Bertz CT molecular complexity index is 710. The molecule has 0 radical (unpaired) electrons. The lowest BCUT2D eigenvalue weighted by Gasteiger charge is -2.19. The Kier molecular flexibility index (Phi) is 3.95. The number of nitrogens with zero attached hydrogens (tertiary/aromatic N) is 1. The molecule has 0 fully saturated rings. The van der Waals surface area contributed by atoms with Crippen molar-refractivity contribution in [1.29, 1.82) is 0 Å². The number of para-hydroxylation sites is 1. The number of alkyl halides is 3. The molecule has 2 aromatic carbocycles. The molecule has 0 saturated carbocycles. The summed E-state index contributed by atoms with van der Waals surface area (Å²) in [4.78, 5) is -0.193. The zero-order valence-corrected chi connectivity index (χ0v) is 11.8. The first kappa shape index (κ1) is 15.4. The van der Waals surface area contributed by atoms with Crippen LogP contribution < -0.4 is 4.31 Å². The van der Waals surface area contributed by atoms with Crippen molar-refractivity contribution in [3.63, 3.8) is 0 Å². The smallest absolute Gasteiger partial charge is 0.269 e. The summed E-state index contributed by atoms with van der Waals surface area (Å²) in [5, 5.41) is 0. The first-order valence-electron chi connectivity index (χ1n) is 5.94. The average molecular weight is 315 g/mol. The summed E-state index contributed by atoms with van der Waals surface area (Å²) >= 11 is 0. The number of sulfonamides is 1. The van der Waals surface area contributed by atoms with E-state index in [9.17, 15) is 21.6 Å². The summed E-state index contributed by atoms with van der Waals surface area (Å²) in [5.41, 5.74) is -0.457. The number of rotatable bonds is 3. The highest BCUT2D eigenvalue weighted by molar-refractivity contribution is 7.92. The lowest BCUT2D eigenvalue weighted by molar-refractivity contribution is -0.137. The van der Waals surface area contributed by atoms with Crippen molar-refractivity contribution in [3.8, 4) is 0 Å². The Morgan fingerprint density at radius 1 is 0.905 bits per heavy atom. The Hall–Kier alpha value is -2.02. The number of halogens is 3. The molecule has 0 atom stereocenters. The Morgan fingerprint density at radius 3 is 1.90 bits per heavy atom. The van der Waals surface area contributed by atoms with Gasteiger partial charge in [0.15, 0.2) is 0 Å². The molecule has 0 aliphatic heterocycles. The van der Waals surface area contributed by atoms with Gasteiger partial charge >= 0.3 is 6.18 Å². The standard InChI is InChI=1S/C14H12F3NO2S/c1-18(12-5-3-2-4-6-12)21(19,20)13-9-7-11(8-10-13)14(15,16)17/h2-10H,1H3. The quantitative estimate of drug-likeness (QED) is 0.869. The molecule has 0 N–H and O–H groups in total. The van der Waals surface area contributed by atoms with E-state index in [-0.39, 0.29) is 4.90 Å². The van der Waals surface area contributed by atoms with Crippen molar-refractivity contribution < 1.29 is 21.6 Å². The van der Waals surface area contributed by atoms with E-state index < -0.39 is 21.8 Å². The van der Waals surface area contributed by atoms with Crippen LogP contribution in [0.4, 0.5) is 18.9 Å². The van der Waals surface area contributed by atoms with Crippen molar-refractivity contribution >= 4 is 15.7 Å². The van der Waals surface area contributed by atoms with Crippen LogP contribution in [-0.4, -0.2) is 15.5 Å². The Balaban J connectivity index is 2.36.